The van der Waals surface area contributed by atoms with Gasteiger partial charge in [0.15, 0.2) is 5.69 Å². The molecule has 7 heteroatoms. The number of esters is 1. The zero-order chi connectivity index (χ0) is 17.1. The van der Waals surface area contributed by atoms with Crippen LogP contribution < -0.4 is 5.32 Å². The number of fused-ring (bicyclic) bond motifs is 1. The van der Waals surface area contributed by atoms with Gasteiger partial charge in [-0.15, -0.1) is 0 Å². The van der Waals surface area contributed by atoms with E-state index in [0.717, 1.165) is 38.8 Å². The largest absolute Gasteiger partial charge is 0.476 e. The first-order valence-electron chi connectivity index (χ1n) is 8.72. The first-order chi connectivity index (χ1) is 11.6. The van der Waals surface area contributed by atoms with Crippen LogP contribution in [0.2, 0.25) is 0 Å². The Kier molecular flexibility index (Phi) is 5.18. The Balaban J connectivity index is 1.57. The smallest absolute Gasteiger partial charge is 0.356 e. The van der Waals surface area contributed by atoms with Crippen molar-refractivity contribution in [2.75, 3.05) is 13.2 Å². The number of rotatable bonds is 5. The summed E-state index contributed by atoms with van der Waals surface area (Å²) < 4.78 is 7.01. The number of carbonyl (C=O) groups excluding carboxylic acids is 1. The third-order valence-corrected chi connectivity index (χ3v) is 5.31. The quantitative estimate of drug-likeness (QED) is 0.793. The van der Waals surface area contributed by atoms with E-state index in [4.69, 9.17) is 9.84 Å². The molecule has 1 saturated heterocycles. The second-order valence-corrected chi connectivity index (χ2v) is 6.91. The van der Waals surface area contributed by atoms with Gasteiger partial charge in [0.1, 0.15) is 6.04 Å². The lowest BCUT2D eigenvalue weighted by atomic mass is 9.69. The first kappa shape index (κ1) is 17.0. The van der Waals surface area contributed by atoms with Crippen LogP contribution in [0.3, 0.4) is 0 Å². The van der Waals surface area contributed by atoms with Gasteiger partial charge in [0.2, 0.25) is 0 Å². The number of nitrogens with one attached hydrogen (secondary N) is 1. The molecule has 1 aromatic rings. The van der Waals surface area contributed by atoms with Crippen LogP contribution in [0.25, 0.3) is 0 Å². The SMILES string of the molecule is CCOC(=O)[C@@H]1C[C@H]2C[C@@H](Cn3cnc(C(=O)O)c3)CC[C@H]2CN1. The molecule has 132 valence electrons. The second kappa shape index (κ2) is 7.34. The zero-order valence-electron chi connectivity index (χ0n) is 14.0. The van der Waals surface area contributed by atoms with Crippen molar-refractivity contribution in [2.45, 2.75) is 45.2 Å². The number of carboxylic acid groups (broad SMARTS) is 1. The molecule has 1 aliphatic heterocycles. The van der Waals surface area contributed by atoms with E-state index in [9.17, 15) is 9.59 Å². The van der Waals surface area contributed by atoms with Gasteiger partial charge in [-0.3, -0.25) is 4.79 Å². The maximum atomic E-state index is 12.0. The lowest BCUT2D eigenvalue weighted by molar-refractivity contribution is -0.147. The van der Waals surface area contributed by atoms with E-state index in [2.05, 4.69) is 10.3 Å². The van der Waals surface area contributed by atoms with Gasteiger partial charge in [-0.2, -0.15) is 0 Å². The van der Waals surface area contributed by atoms with Gasteiger partial charge in [0.05, 0.1) is 12.9 Å². The fourth-order valence-corrected chi connectivity index (χ4v) is 4.12. The predicted molar refractivity (Wildman–Crippen MR) is 86.5 cm³/mol. The average Bonchev–Trinajstić information content (AvgIpc) is 3.03. The predicted octanol–water partition coefficient (Wildman–Crippen LogP) is 1.54. The normalized spacial score (nSPS) is 29.7. The molecule has 2 fully saturated rings. The lowest BCUT2D eigenvalue weighted by Crippen LogP contribution is -2.50. The highest BCUT2D eigenvalue weighted by molar-refractivity contribution is 5.84. The van der Waals surface area contributed by atoms with Crippen molar-refractivity contribution in [1.82, 2.24) is 14.9 Å². The summed E-state index contributed by atoms with van der Waals surface area (Å²) in [4.78, 5) is 26.8. The Labute approximate surface area is 141 Å². The number of aromatic carboxylic acids is 1. The summed E-state index contributed by atoms with van der Waals surface area (Å²) >= 11 is 0. The molecule has 0 spiro atoms. The summed E-state index contributed by atoms with van der Waals surface area (Å²) in [6, 6.07) is -0.184. The maximum Gasteiger partial charge on any atom is 0.356 e. The van der Waals surface area contributed by atoms with Gasteiger partial charge in [-0.25, -0.2) is 9.78 Å². The van der Waals surface area contributed by atoms with E-state index in [1.807, 2.05) is 11.5 Å². The van der Waals surface area contributed by atoms with E-state index in [-0.39, 0.29) is 17.7 Å². The Hall–Kier alpha value is -1.89. The van der Waals surface area contributed by atoms with Crippen LogP contribution in [0.15, 0.2) is 12.5 Å². The minimum absolute atomic E-state index is 0.0907. The van der Waals surface area contributed by atoms with Gasteiger partial charge in [0, 0.05) is 12.7 Å². The zero-order valence-corrected chi connectivity index (χ0v) is 14.0. The molecule has 3 rings (SSSR count). The molecule has 0 unspecified atom stereocenters. The van der Waals surface area contributed by atoms with E-state index in [1.54, 1.807) is 12.5 Å². The highest BCUT2D eigenvalue weighted by Gasteiger charge is 2.38. The van der Waals surface area contributed by atoms with Crippen molar-refractivity contribution in [3.05, 3.63) is 18.2 Å². The molecule has 24 heavy (non-hydrogen) atoms. The summed E-state index contributed by atoms with van der Waals surface area (Å²) in [7, 11) is 0. The highest BCUT2D eigenvalue weighted by atomic mass is 16.5. The number of aromatic nitrogens is 2. The lowest BCUT2D eigenvalue weighted by Gasteiger charge is -2.42. The molecule has 0 radical (unpaired) electrons. The molecule has 2 N–H and O–H groups in total. The van der Waals surface area contributed by atoms with Crippen LogP contribution in [0.5, 0.6) is 0 Å². The Morgan fingerprint density at radius 3 is 2.92 bits per heavy atom. The second-order valence-electron chi connectivity index (χ2n) is 6.91. The number of imidazole rings is 1. The summed E-state index contributed by atoms with van der Waals surface area (Å²) in [5.74, 6) is 0.529. The molecule has 1 saturated carbocycles. The number of hydrogen-bond acceptors (Lipinski definition) is 5. The summed E-state index contributed by atoms with van der Waals surface area (Å²) in [5, 5.41) is 12.3. The third-order valence-electron chi connectivity index (χ3n) is 5.31. The summed E-state index contributed by atoms with van der Waals surface area (Å²) in [6.45, 7) is 3.92. The number of hydrogen-bond donors (Lipinski definition) is 2. The number of carbonyl (C=O) groups is 2. The monoisotopic (exact) mass is 335 g/mol. The molecular weight excluding hydrogens is 310 g/mol. The number of piperidine rings is 1. The first-order valence-corrected chi connectivity index (χ1v) is 8.72. The minimum Gasteiger partial charge on any atom is -0.476 e. The number of ether oxygens (including phenoxy) is 1. The van der Waals surface area contributed by atoms with Crippen LogP contribution in [-0.2, 0) is 16.1 Å². The van der Waals surface area contributed by atoms with E-state index >= 15 is 0 Å². The number of carboxylic acids is 1. The Morgan fingerprint density at radius 1 is 1.38 bits per heavy atom. The van der Waals surface area contributed by atoms with Crippen LogP contribution in [0.1, 0.15) is 43.1 Å². The van der Waals surface area contributed by atoms with Crippen LogP contribution in [0, 0.1) is 17.8 Å². The van der Waals surface area contributed by atoms with E-state index in [1.165, 1.54) is 0 Å². The van der Waals surface area contributed by atoms with Crippen molar-refractivity contribution in [1.29, 1.82) is 0 Å². The maximum absolute atomic E-state index is 12.0. The molecule has 4 atom stereocenters. The fraction of sp³-hybridized carbons (Fsp3) is 0.706. The molecule has 2 heterocycles. The molecular formula is C17H25N3O4. The fourth-order valence-electron chi connectivity index (χ4n) is 4.12. The molecule has 0 amide bonds. The van der Waals surface area contributed by atoms with Gasteiger partial charge in [-0.1, -0.05) is 0 Å². The molecule has 7 nitrogen and oxygen atoms in total. The standard InChI is InChI=1S/C17H25N3O4/c1-2-24-17(23)14-6-13-5-11(3-4-12(13)7-18-14)8-20-9-15(16(21)22)19-10-20/h9-14,18H,2-8H2,1H3,(H,21,22)/t11-,12-,13+,14-/m0/s1. The van der Waals surface area contributed by atoms with Crippen molar-refractivity contribution >= 4 is 11.9 Å². The third kappa shape index (κ3) is 3.77. The van der Waals surface area contributed by atoms with Crippen molar-refractivity contribution in [3.8, 4) is 0 Å². The van der Waals surface area contributed by atoms with Crippen molar-refractivity contribution < 1.29 is 19.4 Å². The van der Waals surface area contributed by atoms with Gasteiger partial charge < -0.3 is 19.7 Å². The highest BCUT2D eigenvalue weighted by Crippen LogP contribution is 2.39. The topological polar surface area (TPSA) is 93.5 Å². The summed E-state index contributed by atoms with van der Waals surface area (Å²) in [6.07, 6.45) is 7.39. The molecule has 0 aromatic carbocycles. The molecule has 2 aliphatic rings. The number of nitrogens with zero attached hydrogens (tertiary/aromatic N) is 2. The average molecular weight is 335 g/mol. The van der Waals surface area contributed by atoms with Crippen LogP contribution in [0.4, 0.5) is 0 Å². The van der Waals surface area contributed by atoms with Gasteiger partial charge in [0.25, 0.3) is 0 Å². The Bertz CT molecular complexity index is 600. The summed E-state index contributed by atoms with van der Waals surface area (Å²) in [5.41, 5.74) is 0.0907. The van der Waals surface area contributed by atoms with Crippen LogP contribution >= 0.6 is 0 Å². The van der Waals surface area contributed by atoms with Gasteiger partial charge in [-0.05, 0) is 56.9 Å². The van der Waals surface area contributed by atoms with E-state index in [0.29, 0.717) is 24.4 Å². The minimum atomic E-state index is -0.993. The van der Waals surface area contributed by atoms with E-state index < -0.39 is 5.97 Å². The van der Waals surface area contributed by atoms with Crippen molar-refractivity contribution in [2.24, 2.45) is 17.8 Å². The molecule has 1 aromatic heterocycles. The molecule has 0 bridgehead atoms. The van der Waals surface area contributed by atoms with Crippen LogP contribution in [-0.4, -0.2) is 45.8 Å². The Morgan fingerprint density at radius 2 is 2.21 bits per heavy atom. The van der Waals surface area contributed by atoms with Crippen molar-refractivity contribution in [3.63, 3.8) is 0 Å². The molecule has 1 aliphatic carbocycles. The van der Waals surface area contributed by atoms with Gasteiger partial charge >= 0.3 is 11.9 Å².